The van der Waals surface area contributed by atoms with Crippen LogP contribution in [0.4, 0.5) is 0 Å². The molecule has 0 radical (unpaired) electrons. The fourth-order valence-corrected chi connectivity index (χ4v) is 42.0. The quantitative estimate of drug-likeness (QED) is 0.338. The summed E-state index contributed by atoms with van der Waals surface area (Å²) in [7, 11) is -1.16. The third kappa shape index (κ3) is 7.87. The minimum atomic E-state index is -2.14. The molecule has 128 valence electrons. The van der Waals surface area contributed by atoms with Crippen molar-refractivity contribution in [1.82, 2.24) is 0 Å². The minimum absolute atomic E-state index is 0.429. The van der Waals surface area contributed by atoms with Gasteiger partial charge in [0.2, 0.25) is 0 Å². The van der Waals surface area contributed by atoms with E-state index in [1.54, 1.807) is 13.3 Å². The molecule has 0 aromatic heterocycles. The van der Waals surface area contributed by atoms with E-state index in [0.29, 0.717) is 6.61 Å². The van der Waals surface area contributed by atoms with Gasteiger partial charge in [-0.25, -0.2) is 0 Å². The molecular formula is C18H42OSiSn. The van der Waals surface area contributed by atoms with Crippen LogP contribution >= 0.6 is 0 Å². The van der Waals surface area contributed by atoms with Gasteiger partial charge in [-0.2, -0.15) is 0 Å². The number of aliphatic hydroxyl groups is 1. The fourth-order valence-electron chi connectivity index (χ4n) is 4.27. The molecule has 0 fully saturated rings. The van der Waals surface area contributed by atoms with E-state index in [-0.39, 0.29) is 0 Å². The standard InChI is InChI=1S/C6H15OSi.3C4H9.Sn/c1-8(2,3)6-4-5-7;3*1-3-4-2;/h6-7H,4-5H2,1-3H3;3*1,3-4H2,2H3;. The maximum absolute atomic E-state index is 9.70. The van der Waals surface area contributed by atoms with E-state index in [1.165, 1.54) is 38.5 Å². The Balaban J connectivity index is 5.40. The third-order valence-electron chi connectivity index (χ3n) is 5.29. The molecule has 0 aromatic rings. The van der Waals surface area contributed by atoms with Crippen LogP contribution in [0.15, 0.2) is 0 Å². The number of hydrogen-bond acceptors (Lipinski definition) is 1. The summed E-state index contributed by atoms with van der Waals surface area (Å²) in [5, 5.41) is 9.70. The van der Waals surface area contributed by atoms with Gasteiger partial charge in [0.15, 0.2) is 0 Å². The molecule has 0 amide bonds. The van der Waals surface area contributed by atoms with Crippen molar-refractivity contribution in [2.45, 2.75) is 102 Å². The Labute approximate surface area is 140 Å². The molecule has 21 heavy (non-hydrogen) atoms. The molecular weight excluding hydrogens is 379 g/mol. The SMILES string of the molecule is CCC[CH2][Sn]([CH2]CCC)([CH2]CCC)[C@@H](CCO)[Si](C)(C)C. The van der Waals surface area contributed by atoms with E-state index in [0.717, 1.165) is 9.98 Å². The van der Waals surface area contributed by atoms with Crippen molar-refractivity contribution < 1.29 is 5.11 Å². The number of aliphatic hydroxyl groups excluding tert-OH is 1. The van der Waals surface area contributed by atoms with Gasteiger partial charge in [-0.15, -0.1) is 0 Å². The first-order valence-electron chi connectivity index (χ1n) is 9.48. The molecule has 1 nitrogen and oxygen atoms in total. The third-order valence-corrected chi connectivity index (χ3v) is 35.8. The van der Waals surface area contributed by atoms with Gasteiger partial charge in [-0.05, 0) is 0 Å². The van der Waals surface area contributed by atoms with Crippen molar-refractivity contribution in [3.63, 3.8) is 0 Å². The summed E-state index contributed by atoms with van der Waals surface area (Å²) in [5.41, 5.74) is 0. The van der Waals surface area contributed by atoms with Crippen LogP contribution in [0.2, 0.25) is 36.5 Å². The molecule has 0 spiro atoms. The molecule has 3 heteroatoms. The molecule has 0 heterocycles. The molecule has 0 aromatic carbocycles. The summed E-state index contributed by atoms with van der Waals surface area (Å²) in [4.78, 5) is 0. The topological polar surface area (TPSA) is 20.2 Å². The Morgan fingerprint density at radius 3 is 1.43 bits per heavy atom. The van der Waals surface area contributed by atoms with Crippen LogP contribution in [0.1, 0.15) is 65.7 Å². The molecule has 1 atom stereocenters. The fraction of sp³-hybridized carbons (Fsp3) is 1.00. The molecule has 0 aliphatic rings. The van der Waals surface area contributed by atoms with Crippen molar-refractivity contribution in [3.8, 4) is 0 Å². The maximum atomic E-state index is 9.70. The average molecular weight is 421 g/mol. The summed E-state index contributed by atoms with van der Waals surface area (Å²) < 4.78 is 5.78. The van der Waals surface area contributed by atoms with Crippen molar-refractivity contribution in [3.05, 3.63) is 0 Å². The zero-order chi connectivity index (χ0) is 16.4. The van der Waals surface area contributed by atoms with E-state index in [1.807, 2.05) is 0 Å². The Kier molecular flexibility index (Phi) is 12.0. The second-order valence-electron chi connectivity index (χ2n) is 8.10. The molecule has 0 aliphatic heterocycles. The van der Waals surface area contributed by atoms with Crippen molar-refractivity contribution in [1.29, 1.82) is 0 Å². The van der Waals surface area contributed by atoms with Gasteiger partial charge in [0.25, 0.3) is 0 Å². The Hall–Kier alpha value is 0.976. The summed E-state index contributed by atoms with van der Waals surface area (Å²) in [6.07, 6.45) is 9.56. The normalized spacial score (nSPS) is 14.4. The van der Waals surface area contributed by atoms with E-state index < -0.39 is 26.5 Å². The van der Waals surface area contributed by atoms with Gasteiger partial charge < -0.3 is 0 Å². The Bertz CT molecular complexity index is 228. The van der Waals surface area contributed by atoms with Crippen LogP contribution in [-0.4, -0.2) is 38.2 Å². The van der Waals surface area contributed by atoms with Gasteiger partial charge in [-0.3, -0.25) is 0 Å². The molecule has 0 bridgehead atoms. The predicted molar refractivity (Wildman–Crippen MR) is 104 cm³/mol. The monoisotopic (exact) mass is 422 g/mol. The first kappa shape index (κ1) is 22.0. The van der Waals surface area contributed by atoms with E-state index in [9.17, 15) is 5.11 Å². The molecule has 0 rings (SSSR count). The molecule has 0 unspecified atom stereocenters. The van der Waals surface area contributed by atoms with Crippen LogP contribution < -0.4 is 0 Å². The van der Waals surface area contributed by atoms with E-state index in [2.05, 4.69) is 40.4 Å². The summed E-state index contributed by atoms with van der Waals surface area (Å²) >= 11 is -2.14. The number of rotatable bonds is 13. The van der Waals surface area contributed by atoms with Crippen LogP contribution in [0.5, 0.6) is 0 Å². The summed E-state index contributed by atoms with van der Waals surface area (Å²) in [6.45, 7) is 15.2. The second kappa shape index (κ2) is 11.5. The van der Waals surface area contributed by atoms with Crippen LogP contribution in [0.3, 0.4) is 0 Å². The number of unbranched alkanes of at least 4 members (excludes halogenated alkanes) is 3. The van der Waals surface area contributed by atoms with Gasteiger partial charge in [0.1, 0.15) is 0 Å². The van der Waals surface area contributed by atoms with Gasteiger partial charge in [0.05, 0.1) is 0 Å². The molecule has 0 aliphatic carbocycles. The van der Waals surface area contributed by atoms with Gasteiger partial charge in [-0.1, -0.05) is 0 Å². The molecule has 1 N–H and O–H groups in total. The second-order valence-corrected chi connectivity index (χ2v) is 29.2. The van der Waals surface area contributed by atoms with E-state index >= 15 is 0 Å². The first-order valence-corrected chi connectivity index (χ1v) is 20.8. The molecule has 0 saturated carbocycles. The Morgan fingerprint density at radius 1 is 0.810 bits per heavy atom. The van der Waals surface area contributed by atoms with Gasteiger partial charge in [0, 0.05) is 0 Å². The number of hydrogen-bond donors (Lipinski definition) is 1. The molecule has 0 saturated heterocycles. The average Bonchev–Trinajstić information content (AvgIpc) is 2.44. The van der Waals surface area contributed by atoms with Crippen LogP contribution in [0, 0.1) is 0 Å². The predicted octanol–water partition coefficient (Wildman–Crippen LogP) is 6.47. The summed E-state index contributed by atoms with van der Waals surface area (Å²) in [5.74, 6) is 0. The van der Waals surface area contributed by atoms with Gasteiger partial charge >= 0.3 is 140 Å². The van der Waals surface area contributed by atoms with E-state index in [4.69, 9.17) is 0 Å². The van der Waals surface area contributed by atoms with Crippen molar-refractivity contribution in [2.75, 3.05) is 6.61 Å². The van der Waals surface area contributed by atoms with Crippen LogP contribution in [-0.2, 0) is 0 Å². The van der Waals surface area contributed by atoms with Crippen molar-refractivity contribution >= 4 is 26.5 Å². The summed E-state index contributed by atoms with van der Waals surface area (Å²) in [6, 6.07) is 0. The van der Waals surface area contributed by atoms with Crippen LogP contribution in [0.25, 0.3) is 0 Å². The zero-order valence-corrected chi connectivity index (χ0v) is 19.7. The zero-order valence-electron chi connectivity index (χ0n) is 15.8. The van der Waals surface area contributed by atoms with Crippen molar-refractivity contribution in [2.24, 2.45) is 0 Å². The Morgan fingerprint density at radius 2 is 1.19 bits per heavy atom. The first-order chi connectivity index (χ1) is 9.87.